The number of benzene rings is 2. The van der Waals surface area contributed by atoms with Crippen LogP contribution in [0.4, 0.5) is 0 Å². The summed E-state index contributed by atoms with van der Waals surface area (Å²) in [5.41, 5.74) is 4.14. The molecule has 1 heterocycles. The van der Waals surface area contributed by atoms with E-state index in [-0.39, 0.29) is 5.97 Å². The van der Waals surface area contributed by atoms with Crippen molar-refractivity contribution in [3.8, 4) is 11.4 Å². The first-order chi connectivity index (χ1) is 12.0. The van der Waals surface area contributed by atoms with Gasteiger partial charge in [0.2, 0.25) is 0 Å². The lowest BCUT2D eigenvalue weighted by Gasteiger charge is -2.14. The molecule has 0 aliphatic heterocycles. The Hall–Kier alpha value is -2.40. The number of hydrogen-bond acceptors (Lipinski definition) is 4. The molecule has 0 spiro atoms. The van der Waals surface area contributed by atoms with E-state index in [4.69, 9.17) is 16.3 Å². The maximum absolute atomic E-state index is 11.6. The molecule has 0 amide bonds. The molecular weight excluding hydrogens is 338 g/mol. The Morgan fingerprint density at radius 2 is 1.96 bits per heavy atom. The van der Waals surface area contributed by atoms with Crippen molar-refractivity contribution < 1.29 is 9.53 Å². The molecule has 25 heavy (non-hydrogen) atoms. The predicted molar refractivity (Wildman–Crippen MR) is 98.5 cm³/mol. The van der Waals surface area contributed by atoms with Crippen LogP contribution in [0.1, 0.15) is 37.8 Å². The molecule has 2 aromatic carbocycles. The van der Waals surface area contributed by atoms with E-state index in [0.717, 1.165) is 35.9 Å². The number of hydrogen-bond donors (Lipinski definition) is 0. The van der Waals surface area contributed by atoms with Gasteiger partial charge in [-0.15, -0.1) is 15.0 Å². The molecule has 5 nitrogen and oxygen atoms in total. The molecule has 0 aliphatic carbocycles. The van der Waals surface area contributed by atoms with Gasteiger partial charge in [0.25, 0.3) is 0 Å². The number of rotatable bonds is 5. The monoisotopic (exact) mass is 357 g/mol. The van der Waals surface area contributed by atoms with Crippen LogP contribution in [0.25, 0.3) is 16.7 Å². The van der Waals surface area contributed by atoms with E-state index in [1.165, 1.54) is 11.7 Å². The fourth-order valence-electron chi connectivity index (χ4n) is 2.79. The highest BCUT2D eigenvalue weighted by Crippen LogP contribution is 2.31. The van der Waals surface area contributed by atoms with Crippen molar-refractivity contribution in [3.63, 3.8) is 0 Å². The molecule has 0 saturated heterocycles. The normalized spacial score (nSPS) is 11.0. The van der Waals surface area contributed by atoms with E-state index in [0.29, 0.717) is 22.0 Å². The Morgan fingerprint density at radius 1 is 1.20 bits per heavy atom. The van der Waals surface area contributed by atoms with Gasteiger partial charge in [0.1, 0.15) is 16.7 Å². The number of carbonyl (C=O) groups excluding carboxylic acids is 1. The molecule has 1 aromatic heterocycles. The minimum absolute atomic E-state index is 0.359. The number of aromatic nitrogens is 3. The highest BCUT2D eigenvalue weighted by molar-refractivity contribution is 6.31. The van der Waals surface area contributed by atoms with E-state index in [1.807, 2.05) is 19.1 Å². The third-order valence-corrected chi connectivity index (χ3v) is 4.13. The lowest BCUT2D eigenvalue weighted by molar-refractivity contribution is -0.131. The van der Waals surface area contributed by atoms with Crippen LogP contribution < -0.4 is 4.74 Å². The molecule has 0 fully saturated rings. The maximum Gasteiger partial charge on any atom is 0.308 e. The van der Waals surface area contributed by atoms with Crippen LogP contribution in [-0.4, -0.2) is 21.0 Å². The van der Waals surface area contributed by atoms with Gasteiger partial charge in [0, 0.05) is 11.9 Å². The number of fused-ring (bicyclic) bond motifs is 1. The van der Waals surface area contributed by atoms with Gasteiger partial charge in [0.15, 0.2) is 5.75 Å². The Kier molecular flexibility index (Phi) is 5.04. The quantitative estimate of drug-likeness (QED) is 0.492. The Labute approximate surface area is 151 Å². The van der Waals surface area contributed by atoms with Crippen molar-refractivity contribution in [3.05, 3.63) is 46.5 Å². The van der Waals surface area contributed by atoms with Crippen LogP contribution >= 0.6 is 11.6 Å². The topological polar surface area (TPSA) is 57.0 Å². The Balaban J connectivity index is 2.17. The summed E-state index contributed by atoms with van der Waals surface area (Å²) >= 11 is 6.04. The second-order valence-electron chi connectivity index (χ2n) is 6.09. The molecule has 130 valence electrons. The van der Waals surface area contributed by atoms with E-state index in [1.54, 1.807) is 12.1 Å². The fraction of sp³-hybridized carbons (Fsp3) is 0.316. The molecule has 0 bridgehead atoms. The van der Waals surface area contributed by atoms with Crippen molar-refractivity contribution in [1.29, 1.82) is 0 Å². The first-order valence-electron chi connectivity index (χ1n) is 8.33. The summed E-state index contributed by atoms with van der Waals surface area (Å²) < 4.78 is 5.54. The van der Waals surface area contributed by atoms with Crippen LogP contribution in [0.2, 0.25) is 5.02 Å². The number of halogens is 1. The summed E-state index contributed by atoms with van der Waals surface area (Å²) in [6.45, 7) is 5.55. The van der Waals surface area contributed by atoms with Crippen molar-refractivity contribution in [2.45, 2.75) is 40.0 Å². The smallest absolute Gasteiger partial charge is 0.308 e. The van der Waals surface area contributed by atoms with Gasteiger partial charge in [-0.1, -0.05) is 31.0 Å². The summed E-state index contributed by atoms with van der Waals surface area (Å²) in [5.74, 6) is 0.167. The predicted octanol–water partition coefficient (Wildman–Crippen LogP) is 4.65. The van der Waals surface area contributed by atoms with Gasteiger partial charge in [-0.25, -0.2) is 0 Å². The molecule has 0 atom stereocenters. The Morgan fingerprint density at radius 3 is 2.68 bits per heavy atom. The van der Waals surface area contributed by atoms with Crippen LogP contribution in [0.3, 0.4) is 0 Å². The molecule has 6 heteroatoms. The van der Waals surface area contributed by atoms with E-state index >= 15 is 0 Å². The maximum atomic E-state index is 11.6. The average molecular weight is 358 g/mol. The highest BCUT2D eigenvalue weighted by Gasteiger charge is 2.17. The highest BCUT2D eigenvalue weighted by atomic mass is 35.5. The fourth-order valence-corrected chi connectivity index (χ4v) is 2.95. The summed E-state index contributed by atoms with van der Waals surface area (Å²) in [4.78, 5) is 13.2. The van der Waals surface area contributed by atoms with Gasteiger partial charge >= 0.3 is 5.97 Å². The Bertz CT molecular complexity index is 934. The number of esters is 1. The van der Waals surface area contributed by atoms with Crippen molar-refractivity contribution in [1.82, 2.24) is 15.0 Å². The first kappa shape index (κ1) is 17.4. The van der Waals surface area contributed by atoms with Gasteiger partial charge in [0.05, 0.1) is 0 Å². The zero-order valence-electron chi connectivity index (χ0n) is 14.5. The summed E-state index contributed by atoms with van der Waals surface area (Å²) in [6.07, 6.45) is 2.91. The molecule has 3 rings (SSSR count). The van der Waals surface area contributed by atoms with E-state index in [9.17, 15) is 4.79 Å². The zero-order valence-corrected chi connectivity index (χ0v) is 15.3. The largest absolute Gasteiger partial charge is 0.424 e. The molecular formula is C19H20ClN3O2. The van der Waals surface area contributed by atoms with Gasteiger partial charge < -0.3 is 4.74 Å². The number of ether oxygens (including phenoxy) is 1. The first-order valence-corrected chi connectivity index (χ1v) is 8.70. The van der Waals surface area contributed by atoms with Crippen LogP contribution in [0.5, 0.6) is 5.75 Å². The van der Waals surface area contributed by atoms with Gasteiger partial charge in [-0.2, -0.15) is 0 Å². The second kappa shape index (κ2) is 7.23. The summed E-state index contributed by atoms with van der Waals surface area (Å²) in [6, 6.07) is 9.34. The van der Waals surface area contributed by atoms with Crippen molar-refractivity contribution in [2.75, 3.05) is 0 Å². The van der Waals surface area contributed by atoms with Crippen LogP contribution in [0, 0.1) is 6.92 Å². The second-order valence-corrected chi connectivity index (χ2v) is 6.53. The molecule has 0 aliphatic rings. The molecule has 0 saturated carbocycles. The SMILES string of the molecule is CCCCc1cc(C)cc(-n2nc3ccc(Cl)cc3n2)c1OC(C)=O. The lowest BCUT2D eigenvalue weighted by Crippen LogP contribution is -2.10. The number of unbranched alkanes of at least 4 members (excludes halogenated alkanes) is 1. The van der Waals surface area contributed by atoms with Gasteiger partial charge in [-0.05, 0) is 55.2 Å². The minimum atomic E-state index is -0.359. The minimum Gasteiger partial charge on any atom is -0.424 e. The third kappa shape index (κ3) is 3.82. The molecule has 0 N–H and O–H groups in total. The zero-order chi connectivity index (χ0) is 18.0. The summed E-state index contributed by atoms with van der Waals surface area (Å²) in [5, 5.41) is 9.62. The number of aryl methyl sites for hydroxylation is 2. The lowest BCUT2D eigenvalue weighted by atomic mass is 10.0. The van der Waals surface area contributed by atoms with Crippen molar-refractivity contribution >= 4 is 28.6 Å². The standard InChI is InChI=1S/C19H20ClN3O2/c1-4-5-6-14-9-12(2)10-18(19(14)25-13(3)24)23-21-16-8-7-15(20)11-17(16)22-23/h7-11H,4-6H2,1-3H3. The number of carbonyl (C=O) groups is 1. The third-order valence-electron chi connectivity index (χ3n) is 3.89. The molecule has 3 aromatic rings. The average Bonchev–Trinajstić information content (AvgIpc) is 2.97. The number of nitrogens with zero attached hydrogens (tertiary/aromatic N) is 3. The summed E-state index contributed by atoms with van der Waals surface area (Å²) in [7, 11) is 0. The van der Waals surface area contributed by atoms with Crippen LogP contribution in [-0.2, 0) is 11.2 Å². The molecule has 0 unspecified atom stereocenters. The van der Waals surface area contributed by atoms with Gasteiger partial charge in [-0.3, -0.25) is 4.79 Å². The van der Waals surface area contributed by atoms with Crippen LogP contribution in [0.15, 0.2) is 30.3 Å². The van der Waals surface area contributed by atoms with E-state index in [2.05, 4.69) is 23.2 Å². The van der Waals surface area contributed by atoms with E-state index < -0.39 is 0 Å². The molecule has 0 radical (unpaired) electrons. The van der Waals surface area contributed by atoms with Crippen molar-refractivity contribution in [2.24, 2.45) is 0 Å².